The van der Waals surface area contributed by atoms with Gasteiger partial charge in [-0.2, -0.15) is 4.98 Å². The molecule has 0 spiro atoms. The third-order valence-corrected chi connectivity index (χ3v) is 5.28. The van der Waals surface area contributed by atoms with Gasteiger partial charge in [0.2, 0.25) is 17.3 Å². The van der Waals surface area contributed by atoms with Crippen molar-refractivity contribution in [3.8, 4) is 22.9 Å². The second kappa shape index (κ2) is 9.00. The molecule has 0 unspecified atom stereocenters. The lowest BCUT2D eigenvalue weighted by Gasteiger charge is -2.21. The number of nitro groups is 1. The van der Waals surface area contributed by atoms with Gasteiger partial charge in [-0.15, -0.1) is 16.8 Å². The molecule has 1 N–H and O–H groups in total. The number of nitro benzene ring substituents is 1. The number of nitrogens with one attached hydrogen (secondary N) is 1. The summed E-state index contributed by atoms with van der Waals surface area (Å²) in [5, 5.41) is 23.6. The summed E-state index contributed by atoms with van der Waals surface area (Å²) < 4.78 is 11.9. The third kappa shape index (κ3) is 4.29. The van der Waals surface area contributed by atoms with Crippen LogP contribution in [0.15, 0.2) is 60.3 Å². The van der Waals surface area contributed by atoms with E-state index in [0.29, 0.717) is 34.5 Å². The molecule has 0 radical (unpaired) electrons. The molecule has 2 aromatic carbocycles. The lowest BCUT2D eigenvalue weighted by molar-refractivity contribution is -0.385. The van der Waals surface area contributed by atoms with E-state index in [0.717, 1.165) is 11.3 Å². The fraction of sp³-hybridized carbons (Fsp3) is 0.190. The Hall–Kier alpha value is -3.66. The zero-order valence-electron chi connectivity index (χ0n) is 16.6. The standard InChI is InChI=1S/C21H19N5O4S/c1-3-11-31-21-23-20-18(24-25-21)14-7-5-6-8-16(14)22-19(30-20)15-12-13(26(27)28)9-10-17(15)29-4-2/h3,5-10,12,19,22H,1,4,11H2,2H3/t19-/m0/s1. The highest BCUT2D eigenvalue weighted by molar-refractivity contribution is 7.99. The van der Waals surface area contributed by atoms with Crippen molar-refractivity contribution >= 4 is 23.1 Å². The molecular formula is C21H19N5O4S. The van der Waals surface area contributed by atoms with E-state index in [2.05, 4.69) is 27.1 Å². The quantitative estimate of drug-likeness (QED) is 0.245. The van der Waals surface area contributed by atoms with Crippen LogP contribution in [0.3, 0.4) is 0 Å². The molecule has 10 heteroatoms. The summed E-state index contributed by atoms with van der Waals surface area (Å²) >= 11 is 1.38. The predicted molar refractivity (Wildman–Crippen MR) is 117 cm³/mol. The predicted octanol–water partition coefficient (Wildman–Crippen LogP) is 4.63. The molecule has 158 valence electrons. The molecule has 0 saturated heterocycles. The van der Waals surface area contributed by atoms with E-state index in [1.165, 1.54) is 23.9 Å². The Morgan fingerprint density at radius 2 is 2.16 bits per heavy atom. The first kappa shape index (κ1) is 20.6. The first-order valence-corrected chi connectivity index (χ1v) is 10.5. The van der Waals surface area contributed by atoms with Crippen LogP contribution in [0.2, 0.25) is 0 Å². The van der Waals surface area contributed by atoms with Crippen LogP contribution < -0.4 is 14.8 Å². The smallest absolute Gasteiger partial charge is 0.270 e. The Bertz CT molecular complexity index is 1140. The normalized spacial score (nSPS) is 14.3. The van der Waals surface area contributed by atoms with Crippen LogP contribution in [0, 0.1) is 10.1 Å². The van der Waals surface area contributed by atoms with Crippen LogP contribution in [0.5, 0.6) is 11.6 Å². The van der Waals surface area contributed by atoms with E-state index >= 15 is 0 Å². The minimum atomic E-state index is -0.794. The van der Waals surface area contributed by atoms with Gasteiger partial charge in [-0.05, 0) is 19.1 Å². The molecule has 0 amide bonds. The number of anilines is 1. The lowest BCUT2D eigenvalue weighted by atomic mass is 10.1. The average molecular weight is 437 g/mol. The largest absolute Gasteiger partial charge is 0.493 e. The minimum Gasteiger partial charge on any atom is -0.493 e. The lowest BCUT2D eigenvalue weighted by Crippen LogP contribution is -2.18. The molecule has 0 bridgehead atoms. The Morgan fingerprint density at radius 1 is 1.32 bits per heavy atom. The van der Waals surface area contributed by atoms with Gasteiger partial charge < -0.3 is 14.8 Å². The van der Waals surface area contributed by atoms with Gasteiger partial charge >= 0.3 is 0 Å². The fourth-order valence-corrected chi connectivity index (χ4v) is 3.64. The van der Waals surface area contributed by atoms with Gasteiger partial charge in [0.1, 0.15) is 5.75 Å². The van der Waals surface area contributed by atoms with Crippen molar-refractivity contribution in [2.45, 2.75) is 18.3 Å². The number of hydrogen-bond donors (Lipinski definition) is 1. The fourth-order valence-electron chi connectivity index (χ4n) is 3.12. The van der Waals surface area contributed by atoms with Gasteiger partial charge in [0.25, 0.3) is 5.69 Å². The first-order chi connectivity index (χ1) is 15.1. The van der Waals surface area contributed by atoms with Crippen LogP contribution in [-0.4, -0.2) is 32.5 Å². The van der Waals surface area contributed by atoms with Crippen LogP contribution in [-0.2, 0) is 0 Å². The van der Waals surface area contributed by atoms with Crippen molar-refractivity contribution < 1.29 is 14.4 Å². The van der Waals surface area contributed by atoms with Crippen molar-refractivity contribution in [3.63, 3.8) is 0 Å². The van der Waals surface area contributed by atoms with Gasteiger partial charge in [0.15, 0.2) is 5.69 Å². The highest BCUT2D eigenvalue weighted by atomic mass is 32.2. The molecule has 1 atom stereocenters. The van der Waals surface area contributed by atoms with E-state index in [9.17, 15) is 10.1 Å². The SMILES string of the molecule is C=CCSc1nnc2c(n1)O[C@@H](c1cc([N+](=O)[O-])ccc1OCC)Nc1ccccc1-2. The Morgan fingerprint density at radius 3 is 2.94 bits per heavy atom. The summed E-state index contributed by atoms with van der Waals surface area (Å²) in [5.74, 6) is 1.38. The molecule has 1 aliphatic heterocycles. The summed E-state index contributed by atoms with van der Waals surface area (Å²) in [5.41, 5.74) is 2.41. The number of ether oxygens (including phenoxy) is 2. The van der Waals surface area contributed by atoms with Gasteiger partial charge in [0, 0.05) is 29.1 Å². The molecule has 4 rings (SSSR count). The summed E-state index contributed by atoms with van der Waals surface area (Å²) in [6.07, 6.45) is 0.954. The maximum Gasteiger partial charge on any atom is 0.270 e. The van der Waals surface area contributed by atoms with E-state index in [4.69, 9.17) is 9.47 Å². The topological polar surface area (TPSA) is 112 Å². The minimum absolute atomic E-state index is 0.0651. The van der Waals surface area contributed by atoms with Crippen molar-refractivity contribution in [1.82, 2.24) is 15.2 Å². The molecule has 9 nitrogen and oxygen atoms in total. The van der Waals surface area contributed by atoms with E-state index in [1.807, 2.05) is 31.2 Å². The number of thioether (sulfide) groups is 1. The molecular weight excluding hydrogens is 418 g/mol. The molecule has 0 fully saturated rings. The monoisotopic (exact) mass is 437 g/mol. The Kier molecular flexibility index (Phi) is 5.99. The maximum atomic E-state index is 11.4. The summed E-state index contributed by atoms with van der Waals surface area (Å²) in [6.45, 7) is 5.95. The highest BCUT2D eigenvalue weighted by Gasteiger charge is 2.29. The summed E-state index contributed by atoms with van der Waals surface area (Å²) in [4.78, 5) is 15.4. The number of para-hydroxylation sites is 1. The van der Waals surface area contributed by atoms with E-state index in [-0.39, 0.29) is 11.6 Å². The van der Waals surface area contributed by atoms with Gasteiger partial charge in [0.05, 0.1) is 17.1 Å². The van der Waals surface area contributed by atoms with E-state index < -0.39 is 11.2 Å². The average Bonchev–Trinajstić information content (AvgIpc) is 2.94. The first-order valence-electron chi connectivity index (χ1n) is 9.52. The van der Waals surface area contributed by atoms with Crippen molar-refractivity contribution in [2.75, 3.05) is 17.7 Å². The second-order valence-corrected chi connectivity index (χ2v) is 7.44. The van der Waals surface area contributed by atoms with Gasteiger partial charge in [-0.1, -0.05) is 36.0 Å². The molecule has 2 heterocycles. The summed E-state index contributed by atoms with van der Waals surface area (Å²) in [7, 11) is 0. The van der Waals surface area contributed by atoms with Gasteiger partial charge in [-0.25, -0.2) is 0 Å². The zero-order valence-corrected chi connectivity index (χ0v) is 17.5. The molecule has 31 heavy (non-hydrogen) atoms. The third-order valence-electron chi connectivity index (χ3n) is 4.45. The Labute approximate surface area is 182 Å². The van der Waals surface area contributed by atoms with Crippen LogP contribution >= 0.6 is 11.8 Å². The number of non-ortho nitro benzene ring substituents is 1. The Balaban J connectivity index is 1.84. The molecule has 3 aromatic rings. The zero-order chi connectivity index (χ0) is 21.8. The van der Waals surface area contributed by atoms with Crippen LogP contribution in [0.25, 0.3) is 11.3 Å². The molecule has 0 saturated carbocycles. The van der Waals surface area contributed by atoms with Crippen LogP contribution in [0.1, 0.15) is 18.7 Å². The summed E-state index contributed by atoms with van der Waals surface area (Å²) in [6, 6.07) is 11.9. The van der Waals surface area contributed by atoms with Crippen LogP contribution in [0.4, 0.5) is 11.4 Å². The van der Waals surface area contributed by atoms with Gasteiger partial charge in [-0.3, -0.25) is 10.1 Å². The number of rotatable bonds is 7. The number of fused-ring (bicyclic) bond motifs is 3. The number of hydrogen-bond acceptors (Lipinski definition) is 9. The van der Waals surface area contributed by atoms with Crippen molar-refractivity contribution in [1.29, 1.82) is 0 Å². The second-order valence-electron chi connectivity index (χ2n) is 6.45. The van der Waals surface area contributed by atoms with Crippen molar-refractivity contribution in [3.05, 3.63) is 70.8 Å². The number of nitrogens with zero attached hydrogens (tertiary/aromatic N) is 4. The van der Waals surface area contributed by atoms with E-state index in [1.54, 1.807) is 12.1 Å². The highest BCUT2D eigenvalue weighted by Crippen LogP contribution is 2.41. The number of benzene rings is 2. The molecule has 1 aliphatic rings. The molecule has 1 aromatic heterocycles. The maximum absolute atomic E-state index is 11.4. The number of aromatic nitrogens is 3. The molecule has 0 aliphatic carbocycles. The van der Waals surface area contributed by atoms with Crippen molar-refractivity contribution in [2.24, 2.45) is 0 Å².